The van der Waals surface area contributed by atoms with Gasteiger partial charge in [-0.15, -0.1) is 0 Å². The van der Waals surface area contributed by atoms with Crippen molar-refractivity contribution >= 4 is 11.6 Å². The van der Waals surface area contributed by atoms with Crippen molar-refractivity contribution in [1.82, 2.24) is 9.97 Å². The maximum atomic E-state index is 5.87. The number of aryl methyl sites for hydroxylation is 1. The van der Waals surface area contributed by atoms with Gasteiger partial charge >= 0.3 is 0 Å². The molecule has 0 aromatic carbocycles. The normalized spacial score (nSPS) is 10.5. The minimum absolute atomic E-state index is 0.597. The molecule has 0 atom stereocenters. The summed E-state index contributed by atoms with van der Waals surface area (Å²) in [6.45, 7) is 10.3. The first kappa shape index (κ1) is 12.7. The van der Waals surface area contributed by atoms with E-state index in [1.807, 2.05) is 13.8 Å². The van der Waals surface area contributed by atoms with E-state index in [1.165, 1.54) is 0 Å². The van der Waals surface area contributed by atoms with Crippen LogP contribution in [0.2, 0.25) is 0 Å². The van der Waals surface area contributed by atoms with E-state index in [1.54, 1.807) is 0 Å². The van der Waals surface area contributed by atoms with Crippen LogP contribution in [0, 0.1) is 13.8 Å². The van der Waals surface area contributed by atoms with Gasteiger partial charge in [0.05, 0.1) is 0 Å². The highest BCUT2D eigenvalue weighted by Gasteiger charge is 2.12. The molecule has 4 nitrogen and oxygen atoms in total. The lowest BCUT2D eigenvalue weighted by molar-refractivity contribution is 0.727. The average molecular weight is 222 g/mol. The van der Waals surface area contributed by atoms with Crippen LogP contribution in [0.5, 0.6) is 0 Å². The molecule has 1 aromatic rings. The van der Waals surface area contributed by atoms with Gasteiger partial charge in [-0.1, -0.05) is 13.8 Å². The van der Waals surface area contributed by atoms with Crippen molar-refractivity contribution < 1.29 is 0 Å². The summed E-state index contributed by atoms with van der Waals surface area (Å²) >= 11 is 0. The quantitative estimate of drug-likeness (QED) is 0.830. The van der Waals surface area contributed by atoms with Gasteiger partial charge in [-0.25, -0.2) is 9.97 Å². The Kier molecular flexibility index (Phi) is 4.52. The standard InChI is InChI=1S/C12H22N4/c1-5-7-16(8-6-2)12-9(3)11(13)14-10(4)15-12/h5-8H2,1-4H3,(H2,13,14,15). The minimum atomic E-state index is 0.597. The van der Waals surface area contributed by atoms with E-state index >= 15 is 0 Å². The molecule has 0 spiro atoms. The summed E-state index contributed by atoms with van der Waals surface area (Å²) in [5.74, 6) is 2.34. The molecule has 2 N–H and O–H groups in total. The molecule has 4 heteroatoms. The van der Waals surface area contributed by atoms with Crippen molar-refractivity contribution in [1.29, 1.82) is 0 Å². The van der Waals surface area contributed by atoms with Gasteiger partial charge in [0.1, 0.15) is 17.5 Å². The molecule has 0 aliphatic carbocycles. The molecular weight excluding hydrogens is 200 g/mol. The number of anilines is 2. The van der Waals surface area contributed by atoms with Gasteiger partial charge in [-0.2, -0.15) is 0 Å². The van der Waals surface area contributed by atoms with E-state index in [4.69, 9.17) is 5.73 Å². The van der Waals surface area contributed by atoms with Gasteiger partial charge in [0.2, 0.25) is 0 Å². The van der Waals surface area contributed by atoms with Gasteiger partial charge in [0.15, 0.2) is 0 Å². The number of hydrogen-bond donors (Lipinski definition) is 1. The summed E-state index contributed by atoms with van der Waals surface area (Å²) in [7, 11) is 0. The van der Waals surface area contributed by atoms with Crippen LogP contribution in [-0.4, -0.2) is 23.1 Å². The van der Waals surface area contributed by atoms with Crippen LogP contribution in [0.15, 0.2) is 0 Å². The Morgan fingerprint density at radius 1 is 1.06 bits per heavy atom. The third-order valence-corrected chi connectivity index (χ3v) is 2.56. The molecule has 1 aromatic heterocycles. The van der Waals surface area contributed by atoms with Crippen LogP contribution in [-0.2, 0) is 0 Å². The fourth-order valence-corrected chi connectivity index (χ4v) is 1.81. The Balaban J connectivity index is 3.07. The van der Waals surface area contributed by atoms with Gasteiger partial charge in [0, 0.05) is 18.7 Å². The van der Waals surface area contributed by atoms with E-state index in [2.05, 4.69) is 28.7 Å². The second-order valence-electron chi connectivity index (χ2n) is 4.09. The van der Waals surface area contributed by atoms with Crippen molar-refractivity contribution in [3.63, 3.8) is 0 Å². The van der Waals surface area contributed by atoms with Crippen LogP contribution < -0.4 is 10.6 Å². The second kappa shape index (κ2) is 5.68. The van der Waals surface area contributed by atoms with Gasteiger partial charge < -0.3 is 10.6 Å². The van der Waals surface area contributed by atoms with Crippen molar-refractivity contribution in [3.8, 4) is 0 Å². The molecule has 0 saturated carbocycles. The molecule has 0 bridgehead atoms. The fourth-order valence-electron chi connectivity index (χ4n) is 1.81. The van der Waals surface area contributed by atoms with Gasteiger partial charge in [-0.3, -0.25) is 0 Å². The highest BCUT2D eigenvalue weighted by Crippen LogP contribution is 2.21. The molecule has 0 radical (unpaired) electrons. The highest BCUT2D eigenvalue weighted by molar-refractivity contribution is 5.56. The maximum Gasteiger partial charge on any atom is 0.137 e. The maximum absolute atomic E-state index is 5.87. The van der Waals surface area contributed by atoms with Crippen LogP contribution in [0.1, 0.15) is 38.1 Å². The molecule has 0 fully saturated rings. The Morgan fingerprint density at radius 2 is 1.62 bits per heavy atom. The minimum Gasteiger partial charge on any atom is -0.383 e. The van der Waals surface area contributed by atoms with Crippen LogP contribution >= 0.6 is 0 Å². The predicted molar refractivity (Wildman–Crippen MR) is 68.7 cm³/mol. The Labute approximate surface area is 97.9 Å². The summed E-state index contributed by atoms with van der Waals surface area (Å²) in [6, 6.07) is 0. The first-order valence-corrected chi connectivity index (χ1v) is 5.95. The number of rotatable bonds is 5. The summed E-state index contributed by atoms with van der Waals surface area (Å²) < 4.78 is 0. The first-order chi connectivity index (χ1) is 7.60. The average Bonchev–Trinajstić information content (AvgIpc) is 2.23. The Hall–Kier alpha value is -1.32. The number of nitrogens with zero attached hydrogens (tertiary/aromatic N) is 3. The summed E-state index contributed by atoms with van der Waals surface area (Å²) in [5.41, 5.74) is 6.87. The summed E-state index contributed by atoms with van der Waals surface area (Å²) in [4.78, 5) is 11.0. The third kappa shape index (κ3) is 2.84. The Bertz CT molecular complexity index is 343. The van der Waals surface area contributed by atoms with E-state index in [9.17, 15) is 0 Å². The largest absolute Gasteiger partial charge is 0.383 e. The number of nitrogen functional groups attached to an aromatic ring is 1. The molecule has 0 aliphatic heterocycles. The Morgan fingerprint density at radius 3 is 2.12 bits per heavy atom. The van der Waals surface area contributed by atoms with Crippen molar-refractivity contribution in [2.24, 2.45) is 0 Å². The molecule has 0 saturated heterocycles. The van der Waals surface area contributed by atoms with Crippen LogP contribution in [0.25, 0.3) is 0 Å². The summed E-state index contributed by atoms with van der Waals surface area (Å²) in [6.07, 6.45) is 2.23. The summed E-state index contributed by atoms with van der Waals surface area (Å²) in [5, 5.41) is 0. The molecule has 16 heavy (non-hydrogen) atoms. The van der Waals surface area contributed by atoms with Crippen LogP contribution in [0.4, 0.5) is 11.6 Å². The van der Waals surface area contributed by atoms with E-state index in [-0.39, 0.29) is 0 Å². The van der Waals surface area contributed by atoms with E-state index in [0.29, 0.717) is 5.82 Å². The smallest absolute Gasteiger partial charge is 0.137 e. The number of hydrogen-bond acceptors (Lipinski definition) is 4. The zero-order valence-corrected chi connectivity index (χ0v) is 10.7. The topological polar surface area (TPSA) is 55.0 Å². The van der Waals surface area contributed by atoms with Gasteiger partial charge in [-0.05, 0) is 26.7 Å². The zero-order chi connectivity index (χ0) is 12.1. The molecule has 1 heterocycles. The molecule has 90 valence electrons. The monoisotopic (exact) mass is 222 g/mol. The molecule has 0 unspecified atom stereocenters. The zero-order valence-electron chi connectivity index (χ0n) is 10.7. The third-order valence-electron chi connectivity index (χ3n) is 2.56. The lowest BCUT2D eigenvalue weighted by atomic mass is 10.2. The molecule has 0 aliphatic rings. The SMILES string of the molecule is CCCN(CCC)c1nc(C)nc(N)c1C. The fraction of sp³-hybridized carbons (Fsp3) is 0.667. The van der Waals surface area contributed by atoms with Crippen molar-refractivity contribution in [2.45, 2.75) is 40.5 Å². The lowest BCUT2D eigenvalue weighted by Crippen LogP contribution is -2.27. The molecule has 1 rings (SSSR count). The number of nitrogens with two attached hydrogens (primary N) is 1. The van der Waals surface area contributed by atoms with Crippen molar-refractivity contribution in [2.75, 3.05) is 23.7 Å². The predicted octanol–water partition coefficient (Wildman–Crippen LogP) is 2.30. The highest BCUT2D eigenvalue weighted by atomic mass is 15.2. The second-order valence-corrected chi connectivity index (χ2v) is 4.09. The first-order valence-electron chi connectivity index (χ1n) is 5.95. The molecular formula is C12H22N4. The molecule has 0 amide bonds. The van der Waals surface area contributed by atoms with E-state index < -0.39 is 0 Å². The van der Waals surface area contributed by atoms with Crippen molar-refractivity contribution in [3.05, 3.63) is 11.4 Å². The van der Waals surface area contributed by atoms with Gasteiger partial charge in [0.25, 0.3) is 0 Å². The van der Waals surface area contributed by atoms with Crippen LogP contribution in [0.3, 0.4) is 0 Å². The number of aromatic nitrogens is 2. The lowest BCUT2D eigenvalue weighted by Gasteiger charge is -2.24. The van der Waals surface area contributed by atoms with E-state index in [0.717, 1.165) is 43.1 Å².